The quantitative estimate of drug-likeness (QED) is 0.284. The number of fused-ring (bicyclic) bond motifs is 1. The highest BCUT2D eigenvalue weighted by Gasteiger charge is 2.31. The van der Waals surface area contributed by atoms with Gasteiger partial charge < -0.3 is 9.15 Å². The maximum absolute atomic E-state index is 13.4. The number of sulfonamides is 1. The van der Waals surface area contributed by atoms with Crippen molar-refractivity contribution in [3.8, 4) is 17.0 Å². The molecule has 2 aromatic heterocycles. The second kappa shape index (κ2) is 10.3. The Bertz CT molecular complexity index is 1540. The largest absolute Gasteiger partial charge is 0.573 e. The first-order chi connectivity index (χ1) is 17.4. The zero-order valence-electron chi connectivity index (χ0n) is 19.2. The summed E-state index contributed by atoms with van der Waals surface area (Å²) < 4.78 is 86.0. The van der Waals surface area contributed by atoms with Gasteiger partial charge in [0.2, 0.25) is 5.09 Å². The number of carbonyl (C=O) groups is 1. The number of alkyl halides is 3. The van der Waals surface area contributed by atoms with Crippen molar-refractivity contribution in [1.29, 1.82) is 0 Å². The van der Waals surface area contributed by atoms with Gasteiger partial charge in [0.25, 0.3) is 10.0 Å². The maximum Gasteiger partial charge on any atom is 0.573 e. The Hall–Kier alpha value is -3.84. The second-order valence-electron chi connectivity index (χ2n) is 8.01. The smallest absolute Gasteiger partial charge is 0.443 e. The van der Waals surface area contributed by atoms with Gasteiger partial charge in [-0.25, -0.2) is 22.8 Å². The number of halogens is 4. The number of rotatable bonds is 9. The van der Waals surface area contributed by atoms with Gasteiger partial charge >= 0.3 is 6.36 Å². The summed E-state index contributed by atoms with van der Waals surface area (Å²) in [6.07, 6.45) is -3.38. The van der Waals surface area contributed by atoms with Crippen LogP contribution in [0, 0.1) is 5.82 Å². The van der Waals surface area contributed by atoms with Crippen LogP contribution >= 0.6 is 0 Å². The van der Waals surface area contributed by atoms with Crippen LogP contribution < -0.4 is 4.74 Å². The van der Waals surface area contributed by atoms with Crippen molar-refractivity contribution in [2.24, 2.45) is 0 Å². The number of furan rings is 1. The zero-order chi connectivity index (χ0) is 26.8. The number of hydrogen-bond acceptors (Lipinski definition) is 7. The highest BCUT2D eigenvalue weighted by atomic mass is 32.2. The van der Waals surface area contributed by atoms with Crippen LogP contribution in [-0.2, 0) is 21.2 Å². The number of aromatic nitrogens is 2. The summed E-state index contributed by atoms with van der Waals surface area (Å²) in [5, 5.41) is -0.129. The number of nitrogens with zero attached hydrogens (tertiary/aromatic N) is 3. The first-order valence-corrected chi connectivity index (χ1v) is 12.2. The molecule has 0 N–H and O–H groups in total. The molecule has 0 aliphatic heterocycles. The topological polar surface area (TPSA) is 103 Å². The number of likely N-dealkylation sites (N-methyl/N-ethyl adjacent to an activating group) is 1. The minimum atomic E-state index is -4.80. The van der Waals surface area contributed by atoms with Crippen LogP contribution in [0.2, 0.25) is 0 Å². The predicted molar refractivity (Wildman–Crippen MR) is 123 cm³/mol. The first kappa shape index (κ1) is 26.2. The molecule has 194 valence electrons. The molecule has 0 aliphatic rings. The minimum Gasteiger partial charge on any atom is -0.443 e. The molecule has 2 heterocycles. The van der Waals surface area contributed by atoms with Gasteiger partial charge in [-0.3, -0.25) is 4.79 Å². The number of carbonyl (C=O) groups excluding carboxylic acids is 1. The van der Waals surface area contributed by atoms with Gasteiger partial charge in [0.15, 0.2) is 0 Å². The highest BCUT2D eigenvalue weighted by Crippen LogP contribution is 2.27. The fourth-order valence-corrected chi connectivity index (χ4v) is 4.56. The van der Waals surface area contributed by atoms with Crippen LogP contribution in [0.1, 0.15) is 12.1 Å². The van der Waals surface area contributed by atoms with Crippen LogP contribution in [-0.4, -0.2) is 48.4 Å². The van der Waals surface area contributed by atoms with E-state index in [0.717, 1.165) is 28.6 Å². The molecule has 0 amide bonds. The first-order valence-electron chi connectivity index (χ1n) is 10.7. The summed E-state index contributed by atoms with van der Waals surface area (Å²) in [5.74, 6) is -1.30. The molecule has 0 spiro atoms. The lowest BCUT2D eigenvalue weighted by atomic mass is 10.1. The van der Waals surface area contributed by atoms with Crippen LogP contribution in [0.5, 0.6) is 5.75 Å². The van der Waals surface area contributed by atoms with E-state index in [2.05, 4.69) is 14.7 Å². The fraction of sp³-hybridized carbons (Fsp3) is 0.208. The molecule has 0 fully saturated rings. The Balaban J connectivity index is 1.37. The summed E-state index contributed by atoms with van der Waals surface area (Å²) in [6, 6.07) is 11.5. The van der Waals surface area contributed by atoms with Crippen molar-refractivity contribution in [3.63, 3.8) is 0 Å². The predicted octanol–water partition coefficient (Wildman–Crippen LogP) is 4.75. The molecule has 0 unspecified atom stereocenters. The number of ketones is 1. The van der Waals surface area contributed by atoms with Crippen LogP contribution in [0.25, 0.3) is 22.2 Å². The Morgan fingerprint density at radius 1 is 1.05 bits per heavy atom. The molecule has 0 saturated heterocycles. The van der Waals surface area contributed by atoms with Crippen molar-refractivity contribution < 1.29 is 39.9 Å². The molecular formula is C24H19F4N3O5S. The molecule has 0 bridgehead atoms. The SMILES string of the molecule is CN(CC(=O)CCc1cc(-c2ccc(OC(F)(F)F)cc2)ncn1)S(=O)(=O)c1cc2cc(F)ccc2o1. The average Bonchev–Trinajstić information content (AvgIpc) is 3.26. The molecular weight excluding hydrogens is 518 g/mol. The number of Topliss-reactive ketones (excluding diaryl/α,β-unsaturated/α-hetero) is 1. The van der Waals surface area contributed by atoms with Gasteiger partial charge in [-0.15, -0.1) is 13.2 Å². The Morgan fingerprint density at radius 2 is 1.78 bits per heavy atom. The lowest BCUT2D eigenvalue weighted by molar-refractivity contribution is -0.274. The van der Waals surface area contributed by atoms with Gasteiger partial charge in [-0.2, -0.15) is 4.31 Å². The third kappa shape index (κ3) is 6.49. The van der Waals surface area contributed by atoms with Crippen molar-refractivity contribution in [2.75, 3.05) is 13.6 Å². The van der Waals surface area contributed by atoms with Gasteiger partial charge in [0.05, 0.1) is 12.2 Å². The van der Waals surface area contributed by atoms with Gasteiger partial charge in [0, 0.05) is 36.2 Å². The van der Waals surface area contributed by atoms with E-state index in [1.54, 1.807) is 6.07 Å². The standard InChI is InChI=1S/C24H19F4N3O5S/c1-31(37(33,34)23-11-16-10-17(25)4-9-22(16)35-23)13-19(32)6-5-18-12-21(30-14-29-18)15-2-7-20(8-3-15)36-24(26,27)28/h2-4,7-12,14H,5-6,13H2,1H3. The minimum absolute atomic E-state index is 0.0278. The number of ether oxygens (including phenoxy) is 1. The Labute approximate surface area is 208 Å². The monoisotopic (exact) mass is 537 g/mol. The summed E-state index contributed by atoms with van der Waals surface area (Å²) in [6.45, 7) is -0.424. The Kier molecular flexibility index (Phi) is 7.28. The molecule has 2 aromatic carbocycles. The summed E-state index contributed by atoms with van der Waals surface area (Å²) in [4.78, 5) is 20.7. The van der Waals surface area contributed by atoms with Crippen molar-refractivity contribution in [1.82, 2.24) is 14.3 Å². The molecule has 0 atom stereocenters. The molecule has 4 rings (SSSR count). The van der Waals surface area contributed by atoms with Gasteiger partial charge in [-0.1, -0.05) is 0 Å². The zero-order valence-corrected chi connectivity index (χ0v) is 20.0. The fourth-order valence-electron chi connectivity index (χ4n) is 3.47. The van der Waals surface area contributed by atoms with E-state index in [9.17, 15) is 30.8 Å². The maximum atomic E-state index is 13.4. The number of hydrogen-bond donors (Lipinski definition) is 0. The van der Waals surface area contributed by atoms with Crippen molar-refractivity contribution in [3.05, 3.63) is 72.4 Å². The summed E-state index contributed by atoms with van der Waals surface area (Å²) >= 11 is 0. The third-order valence-electron chi connectivity index (χ3n) is 5.29. The summed E-state index contributed by atoms with van der Waals surface area (Å²) in [5.41, 5.74) is 1.62. The molecule has 37 heavy (non-hydrogen) atoms. The molecule has 0 aliphatic carbocycles. The Morgan fingerprint density at radius 3 is 2.49 bits per heavy atom. The van der Waals surface area contributed by atoms with Crippen LogP contribution in [0.3, 0.4) is 0 Å². The van der Waals surface area contributed by atoms with Gasteiger partial charge in [-0.05, 0) is 55.0 Å². The highest BCUT2D eigenvalue weighted by molar-refractivity contribution is 7.89. The van der Waals surface area contributed by atoms with E-state index in [1.807, 2.05) is 0 Å². The normalized spacial score (nSPS) is 12.3. The van der Waals surface area contributed by atoms with E-state index >= 15 is 0 Å². The molecule has 0 radical (unpaired) electrons. The number of aryl methyl sites for hydroxylation is 1. The third-order valence-corrected chi connectivity index (χ3v) is 6.95. The molecule has 0 saturated carbocycles. The second-order valence-corrected chi connectivity index (χ2v) is 9.99. The van der Waals surface area contributed by atoms with Crippen molar-refractivity contribution in [2.45, 2.75) is 24.3 Å². The van der Waals surface area contributed by atoms with E-state index in [-0.39, 0.29) is 35.3 Å². The van der Waals surface area contributed by atoms with Crippen molar-refractivity contribution >= 4 is 26.8 Å². The average molecular weight is 537 g/mol. The van der Waals surface area contributed by atoms with Crippen LogP contribution in [0.4, 0.5) is 17.6 Å². The molecule has 13 heteroatoms. The van der Waals surface area contributed by atoms with E-state index in [1.165, 1.54) is 37.6 Å². The lowest BCUT2D eigenvalue weighted by Crippen LogP contribution is -2.32. The van der Waals surface area contributed by atoms with Gasteiger partial charge in [0.1, 0.15) is 29.3 Å². The lowest BCUT2D eigenvalue weighted by Gasteiger charge is -2.14. The van der Waals surface area contributed by atoms with E-state index in [0.29, 0.717) is 17.0 Å². The molecule has 8 nitrogen and oxygen atoms in total. The number of benzene rings is 2. The van der Waals surface area contributed by atoms with E-state index < -0.39 is 33.8 Å². The summed E-state index contributed by atoms with van der Waals surface area (Å²) in [7, 11) is -2.90. The van der Waals surface area contributed by atoms with E-state index in [4.69, 9.17) is 4.42 Å². The van der Waals surface area contributed by atoms with Crippen LogP contribution in [0.15, 0.2) is 70.4 Å². The molecule has 4 aromatic rings.